The van der Waals surface area contributed by atoms with Gasteiger partial charge < -0.3 is 24.9 Å². The summed E-state index contributed by atoms with van der Waals surface area (Å²) in [5.74, 6) is -0.984. The van der Waals surface area contributed by atoms with E-state index in [1.54, 1.807) is 17.7 Å². The number of halogens is 3. The summed E-state index contributed by atoms with van der Waals surface area (Å²) < 4.78 is 17.2. The average molecular weight is 520 g/mol. The Morgan fingerprint density at radius 3 is 2.77 bits per heavy atom. The maximum Gasteiger partial charge on any atom is 0.335 e. The molecule has 0 spiro atoms. The molecule has 4 aromatic rings. The molecule has 3 heterocycles. The number of hydrogen-bond acceptors (Lipinski definition) is 5. The molecule has 0 saturated carbocycles. The third-order valence-corrected chi connectivity index (χ3v) is 6.76. The van der Waals surface area contributed by atoms with Crippen LogP contribution < -0.4 is 16.2 Å². The van der Waals surface area contributed by atoms with E-state index in [9.17, 15) is 19.1 Å². The molecule has 0 bridgehead atoms. The van der Waals surface area contributed by atoms with Crippen LogP contribution in [0.5, 0.6) is 0 Å². The lowest BCUT2D eigenvalue weighted by atomic mass is 10.1. The van der Waals surface area contributed by atoms with E-state index in [0.29, 0.717) is 51.6 Å². The van der Waals surface area contributed by atoms with Crippen molar-refractivity contribution in [3.05, 3.63) is 68.7 Å². The summed E-state index contributed by atoms with van der Waals surface area (Å²) in [6.45, 7) is 1.37. The predicted octanol–water partition coefficient (Wildman–Crippen LogP) is 3.78. The lowest BCUT2D eigenvalue weighted by molar-refractivity contribution is 0.0697. The summed E-state index contributed by atoms with van der Waals surface area (Å²) in [7, 11) is 1.63. The van der Waals surface area contributed by atoms with Crippen molar-refractivity contribution >= 4 is 57.9 Å². The number of anilines is 1. The summed E-state index contributed by atoms with van der Waals surface area (Å²) in [5.41, 5.74) is 7.78. The van der Waals surface area contributed by atoms with Gasteiger partial charge in [-0.1, -0.05) is 11.6 Å². The van der Waals surface area contributed by atoms with Crippen molar-refractivity contribution in [3.8, 4) is 0 Å². The zero-order valence-corrected chi connectivity index (χ0v) is 20.4. The van der Waals surface area contributed by atoms with E-state index in [1.165, 1.54) is 34.9 Å². The van der Waals surface area contributed by atoms with Crippen molar-refractivity contribution in [1.29, 1.82) is 0 Å². The first kappa shape index (κ1) is 25.0. The quantitative estimate of drug-likeness (QED) is 0.425. The molecule has 0 unspecified atom stereocenters. The molecule has 1 fully saturated rings. The van der Waals surface area contributed by atoms with E-state index in [2.05, 4.69) is 0 Å². The van der Waals surface area contributed by atoms with Crippen LogP contribution in [0.15, 0.2) is 41.2 Å². The first-order valence-electron chi connectivity index (χ1n) is 11.0. The molecule has 3 N–H and O–H groups in total. The van der Waals surface area contributed by atoms with Gasteiger partial charge in [0.1, 0.15) is 16.9 Å². The topological polar surface area (TPSA) is 106 Å². The van der Waals surface area contributed by atoms with Gasteiger partial charge in [-0.15, -0.1) is 12.4 Å². The van der Waals surface area contributed by atoms with E-state index in [-0.39, 0.29) is 36.1 Å². The number of piperidine rings is 1. The summed E-state index contributed by atoms with van der Waals surface area (Å²) in [4.78, 5) is 32.0. The highest BCUT2D eigenvalue weighted by Crippen LogP contribution is 2.31. The Hall–Kier alpha value is -3.14. The van der Waals surface area contributed by atoms with E-state index >= 15 is 0 Å². The first-order chi connectivity index (χ1) is 16.2. The number of pyridine rings is 1. The Kier molecular flexibility index (Phi) is 6.77. The second-order valence-corrected chi connectivity index (χ2v) is 9.09. The molecule has 0 aliphatic carbocycles. The zero-order chi connectivity index (χ0) is 24.1. The highest BCUT2D eigenvalue weighted by atomic mass is 35.5. The molecule has 11 heteroatoms. The number of carboxylic acids is 1. The van der Waals surface area contributed by atoms with Crippen LogP contribution >= 0.6 is 24.0 Å². The minimum absolute atomic E-state index is 0. The number of nitrogens with zero attached hydrogens (tertiary/aromatic N) is 4. The number of imidazole rings is 1. The molecule has 2 aromatic carbocycles. The molecule has 5 rings (SSSR count). The average Bonchev–Trinajstić information content (AvgIpc) is 3.19. The number of rotatable bonds is 4. The monoisotopic (exact) mass is 519 g/mol. The molecule has 8 nitrogen and oxygen atoms in total. The Bertz CT molecular complexity index is 1520. The molecule has 2 aromatic heterocycles. The molecule has 0 radical (unpaired) electrons. The van der Waals surface area contributed by atoms with Gasteiger partial charge in [0, 0.05) is 36.6 Å². The van der Waals surface area contributed by atoms with Crippen molar-refractivity contribution in [1.82, 2.24) is 14.1 Å². The second kappa shape index (κ2) is 9.49. The van der Waals surface area contributed by atoms with Crippen molar-refractivity contribution in [3.63, 3.8) is 0 Å². The number of aromatic carboxylic acids is 1. The number of aryl methyl sites for hydroxylation is 1. The lowest BCUT2D eigenvalue weighted by Gasteiger charge is -2.32. The summed E-state index contributed by atoms with van der Waals surface area (Å²) in [5, 5.41) is 10.4. The number of carboxylic acid groups (broad SMARTS) is 1. The van der Waals surface area contributed by atoms with Gasteiger partial charge in [0.2, 0.25) is 5.95 Å². The van der Waals surface area contributed by atoms with Gasteiger partial charge in [-0.25, -0.2) is 14.2 Å². The Morgan fingerprint density at radius 2 is 2.06 bits per heavy atom. The van der Waals surface area contributed by atoms with Gasteiger partial charge in [-0.05, 0) is 54.8 Å². The minimum Gasteiger partial charge on any atom is -0.478 e. The Morgan fingerprint density at radius 1 is 1.29 bits per heavy atom. The van der Waals surface area contributed by atoms with Crippen molar-refractivity contribution in [2.24, 2.45) is 12.8 Å². The number of carbonyl (C=O) groups is 1. The van der Waals surface area contributed by atoms with Crippen LogP contribution in [0.25, 0.3) is 21.9 Å². The summed E-state index contributed by atoms with van der Waals surface area (Å²) in [6, 6.07) is 8.66. The number of fused-ring (bicyclic) bond motifs is 3. The van der Waals surface area contributed by atoms with Crippen molar-refractivity contribution in [2.75, 3.05) is 18.0 Å². The van der Waals surface area contributed by atoms with E-state index in [0.717, 1.165) is 12.8 Å². The largest absolute Gasteiger partial charge is 0.478 e. The lowest BCUT2D eigenvalue weighted by Crippen LogP contribution is -2.44. The van der Waals surface area contributed by atoms with E-state index in [4.69, 9.17) is 22.3 Å². The molecular weight excluding hydrogens is 496 g/mol. The van der Waals surface area contributed by atoms with E-state index < -0.39 is 11.8 Å². The van der Waals surface area contributed by atoms with Crippen LogP contribution in [0.2, 0.25) is 5.02 Å². The number of benzene rings is 2. The molecule has 1 atom stereocenters. The Labute approximate surface area is 211 Å². The van der Waals surface area contributed by atoms with Gasteiger partial charge in [0.05, 0.1) is 17.6 Å². The van der Waals surface area contributed by atoms with Crippen LogP contribution in [0.1, 0.15) is 28.8 Å². The minimum atomic E-state index is -1.07. The molecule has 1 saturated heterocycles. The fourth-order valence-electron chi connectivity index (χ4n) is 4.68. The first-order valence-corrected chi connectivity index (χ1v) is 11.3. The van der Waals surface area contributed by atoms with Gasteiger partial charge in [-0.2, -0.15) is 0 Å². The smallest absolute Gasteiger partial charge is 0.335 e. The normalized spacial score (nSPS) is 16.0. The number of hydrogen-bond donors (Lipinski definition) is 2. The fourth-order valence-corrected chi connectivity index (χ4v) is 4.86. The molecule has 184 valence electrons. The fraction of sp³-hybridized carbons (Fsp3) is 0.292. The number of nitrogens with two attached hydrogens (primary N) is 1. The zero-order valence-electron chi connectivity index (χ0n) is 18.9. The maximum absolute atomic E-state index is 14.0. The second-order valence-electron chi connectivity index (χ2n) is 8.68. The third kappa shape index (κ3) is 4.35. The van der Waals surface area contributed by atoms with Gasteiger partial charge in [-0.3, -0.25) is 4.79 Å². The molecule has 1 aliphatic heterocycles. The highest BCUT2D eigenvalue weighted by Gasteiger charge is 2.26. The van der Waals surface area contributed by atoms with Crippen LogP contribution in [-0.4, -0.2) is 44.3 Å². The van der Waals surface area contributed by atoms with Gasteiger partial charge in [0.25, 0.3) is 5.56 Å². The van der Waals surface area contributed by atoms with Crippen molar-refractivity contribution in [2.45, 2.75) is 25.4 Å². The van der Waals surface area contributed by atoms with E-state index in [1.807, 2.05) is 4.90 Å². The van der Waals surface area contributed by atoms with Crippen molar-refractivity contribution < 1.29 is 14.3 Å². The molecule has 1 aliphatic rings. The van der Waals surface area contributed by atoms with Crippen LogP contribution in [0.3, 0.4) is 0 Å². The number of aromatic nitrogens is 3. The standard InChI is InChI=1S/C24H23ClFN5O3.ClH/c1-29-19-7-4-13(23(33)34)10-17(19)20-21(22(29)32)31(11-14-9-15(26)5-6-18(14)25)24(28-20)30-8-2-3-16(27)12-30;/h4-7,9-10,16H,2-3,8,11-12,27H2,1H3,(H,33,34);1H/t16-;/m1./s1. The maximum atomic E-state index is 14.0. The van der Waals surface area contributed by atoms with Crippen LogP contribution in [-0.2, 0) is 13.6 Å². The SMILES string of the molecule is Cl.Cn1c(=O)c2c(nc(N3CCC[C@@H](N)C3)n2Cc2cc(F)ccc2Cl)c2cc(C(=O)O)ccc21. The van der Waals surface area contributed by atoms with Crippen LogP contribution in [0.4, 0.5) is 10.3 Å². The van der Waals surface area contributed by atoms with Gasteiger partial charge >= 0.3 is 5.97 Å². The molecule has 35 heavy (non-hydrogen) atoms. The third-order valence-electron chi connectivity index (χ3n) is 6.39. The molecule has 0 amide bonds. The summed E-state index contributed by atoms with van der Waals surface area (Å²) >= 11 is 6.36. The summed E-state index contributed by atoms with van der Waals surface area (Å²) in [6.07, 6.45) is 1.76. The Balaban J connectivity index is 0.00000289. The van der Waals surface area contributed by atoms with Crippen LogP contribution in [0, 0.1) is 5.82 Å². The highest BCUT2D eigenvalue weighted by molar-refractivity contribution is 6.31. The van der Waals surface area contributed by atoms with Gasteiger partial charge in [0.15, 0.2) is 0 Å². The molecular formula is C24H24Cl2FN5O3. The predicted molar refractivity (Wildman–Crippen MR) is 137 cm³/mol.